The third-order valence-corrected chi connectivity index (χ3v) is 7.92. The topological polar surface area (TPSA) is 41.1 Å². The van der Waals surface area contributed by atoms with Gasteiger partial charge in [0.2, 0.25) is 5.91 Å². The zero-order valence-electron chi connectivity index (χ0n) is 15.2. The molecule has 6 bridgehead atoms. The monoisotopic (exact) mass is 352 g/mol. The summed E-state index contributed by atoms with van der Waals surface area (Å²) < 4.78 is 0. The van der Waals surface area contributed by atoms with Crippen LogP contribution in [0.1, 0.15) is 78.1 Å². The first-order valence-corrected chi connectivity index (χ1v) is 9.93. The molecule has 2 heterocycles. The predicted molar refractivity (Wildman–Crippen MR) is 98.2 cm³/mol. The van der Waals surface area contributed by atoms with Crippen LogP contribution < -0.4 is 10.6 Å². The van der Waals surface area contributed by atoms with Crippen LogP contribution in [0.25, 0.3) is 0 Å². The first-order valence-electron chi connectivity index (χ1n) is 9.93. The molecule has 3 nitrogen and oxygen atoms in total. The van der Waals surface area contributed by atoms with E-state index >= 15 is 0 Å². The van der Waals surface area contributed by atoms with Crippen LogP contribution in [-0.2, 0) is 4.79 Å². The highest BCUT2D eigenvalue weighted by Gasteiger charge is 2.62. The molecule has 0 spiro atoms. The standard InChI is InChI=1S/C20H32N2O.ClH/c1-18-7-13-8-19(2,10-18)12-20(9-13,11-18)17(23)22-16-5-14-3-4-15(6-16)21-14;/h13-16,21H,3-12H2,1-2H3,(H,22,23);1H. The van der Waals surface area contributed by atoms with Crippen LogP contribution in [-0.4, -0.2) is 24.0 Å². The summed E-state index contributed by atoms with van der Waals surface area (Å²) in [4.78, 5) is 13.4. The molecular formula is C20H33ClN2O. The highest BCUT2D eigenvalue weighted by Crippen LogP contribution is 2.69. The molecule has 2 N–H and O–H groups in total. The number of fused-ring (bicyclic) bond motifs is 2. The number of carbonyl (C=O) groups excluding carboxylic acids is 1. The van der Waals surface area contributed by atoms with E-state index in [0.717, 1.165) is 31.6 Å². The van der Waals surface area contributed by atoms with E-state index in [1.165, 1.54) is 38.5 Å². The zero-order valence-corrected chi connectivity index (χ0v) is 16.0. The number of rotatable bonds is 2. The maximum Gasteiger partial charge on any atom is 0.226 e. The smallest absolute Gasteiger partial charge is 0.226 e. The quantitative estimate of drug-likeness (QED) is 0.793. The summed E-state index contributed by atoms with van der Waals surface area (Å²) in [6.45, 7) is 4.92. The van der Waals surface area contributed by atoms with Gasteiger partial charge in [0.1, 0.15) is 0 Å². The molecule has 2 aliphatic heterocycles. The van der Waals surface area contributed by atoms with Gasteiger partial charge in [0, 0.05) is 18.1 Å². The largest absolute Gasteiger partial charge is 0.353 e. The highest BCUT2D eigenvalue weighted by molar-refractivity contribution is 5.85. The van der Waals surface area contributed by atoms with Crippen molar-refractivity contribution in [3.05, 3.63) is 0 Å². The Morgan fingerprint density at radius 3 is 2.08 bits per heavy atom. The fourth-order valence-corrected chi connectivity index (χ4v) is 8.21. The fraction of sp³-hybridized carbons (Fsp3) is 0.950. The summed E-state index contributed by atoms with van der Waals surface area (Å²) >= 11 is 0. The Morgan fingerprint density at radius 1 is 0.958 bits per heavy atom. The lowest BCUT2D eigenvalue weighted by atomic mass is 9.40. The molecular weight excluding hydrogens is 320 g/mol. The van der Waals surface area contributed by atoms with Gasteiger partial charge in [-0.15, -0.1) is 12.4 Å². The highest BCUT2D eigenvalue weighted by atomic mass is 35.5. The molecule has 4 unspecified atom stereocenters. The maximum atomic E-state index is 13.4. The third-order valence-electron chi connectivity index (χ3n) is 7.92. The van der Waals surface area contributed by atoms with Crippen molar-refractivity contribution >= 4 is 18.3 Å². The number of nitrogens with one attached hydrogen (secondary N) is 2. The Hall–Kier alpha value is -0.280. The van der Waals surface area contributed by atoms with Crippen molar-refractivity contribution in [2.75, 3.05) is 0 Å². The minimum Gasteiger partial charge on any atom is -0.353 e. The number of halogens is 1. The Labute approximate surface area is 152 Å². The Bertz CT molecular complexity index is 520. The van der Waals surface area contributed by atoms with Crippen LogP contribution in [0.4, 0.5) is 0 Å². The first kappa shape index (κ1) is 17.1. The normalized spacial score (nSPS) is 54.4. The molecule has 0 radical (unpaired) electrons. The predicted octanol–water partition coefficient (Wildman–Crippen LogP) is 3.80. The lowest BCUT2D eigenvalue weighted by Gasteiger charge is -2.64. The van der Waals surface area contributed by atoms with Gasteiger partial charge in [0.05, 0.1) is 5.41 Å². The van der Waals surface area contributed by atoms with Crippen molar-refractivity contribution in [3.8, 4) is 0 Å². The van der Waals surface area contributed by atoms with Crippen LogP contribution in [0.5, 0.6) is 0 Å². The van der Waals surface area contributed by atoms with E-state index < -0.39 is 0 Å². The molecule has 6 rings (SSSR count). The molecule has 24 heavy (non-hydrogen) atoms. The molecule has 4 saturated carbocycles. The van der Waals surface area contributed by atoms with Gasteiger partial charge in [-0.25, -0.2) is 0 Å². The number of hydrogen-bond donors (Lipinski definition) is 2. The SMILES string of the molecule is CC12CC3CC(C)(C1)CC(C(=O)NC1CC4CCC(C1)N4)(C3)C2.Cl. The average Bonchev–Trinajstić information content (AvgIpc) is 2.73. The summed E-state index contributed by atoms with van der Waals surface area (Å²) in [7, 11) is 0. The van der Waals surface area contributed by atoms with E-state index in [0.29, 0.717) is 34.9 Å². The molecule has 6 aliphatic rings. The van der Waals surface area contributed by atoms with Crippen molar-refractivity contribution in [3.63, 3.8) is 0 Å². The van der Waals surface area contributed by atoms with E-state index in [-0.39, 0.29) is 17.8 Å². The van der Waals surface area contributed by atoms with Crippen molar-refractivity contribution < 1.29 is 4.79 Å². The third kappa shape index (κ3) is 2.61. The van der Waals surface area contributed by atoms with Crippen LogP contribution >= 0.6 is 12.4 Å². The molecule has 0 aromatic rings. The van der Waals surface area contributed by atoms with Gasteiger partial charge in [-0.1, -0.05) is 13.8 Å². The maximum absolute atomic E-state index is 13.4. The van der Waals surface area contributed by atoms with E-state index in [4.69, 9.17) is 0 Å². The Morgan fingerprint density at radius 2 is 1.54 bits per heavy atom. The number of carbonyl (C=O) groups is 1. The van der Waals surface area contributed by atoms with Crippen LogP contribution in [0.15, 0.2) is 0 Å². The van der Waals surface area contributed by atoms with Crippen molar-refractivity contribution in [2.45, 2.75) is 96.2 Å². The van der Waals surface area contributed by atoms with Gasteiger partial charge in [-0.3, -0.25) is 4.79 Å². The Kier molecular flexibility index (Phi) is 3.83. The average molecular weight is 353 g/mol. The Balaban J connectivity index is 0.00000146. The van der Waals surface area contributed by atoms with Crippen LogP contribution in [0, 0.1) is 22.2 Å². The summed E-state index contributed by atoms with van der Waals surface area (Å²) in [5.41, 5.74) is 0.824. The molecule has 4 atom stereocenters. The summed E-state index contributed by atoms with van der Waals surface area (Å²) in [5.74, 6) is 1.22. The van der Waals surface area contributed by atoms with Gasteiger partial charge in [-0.2, -0.15) is 0 Å². The van der Waals surface area contributed by atoms with E-state index in [1.807, 2.05) is 0 Å². The molecule has 4 heteroatoms. The number of piperidine rings is 1. The van der Waals surface area contributed by atoms with Gasteiger partial charge in [-0.05, 0) is 81.0 Å². The van der Waals surface area contributed by atoms with E-state index in [1.54, 1.807) is 0 Å². The van der Waals surface area contributed by atoms with E-state index in [2.05, 4.69) is 24.5 Å². The number of hydrogen-bond acceptors (Lipinski definition) is 2. The van der Waals surface area contributed by atoms with Gasteiger partial charge >= 0.3 is 0 Å². The molecule has 136 valence electrons. The summed E-state index contributed by atoms with van der Waals surface area (Å²) in [5, 5.41) is 7.22. The second-order valence-electron chi connectivity index (χ2n) is 10.7. The molecule has 1 amide bonds. The van der Waals surface area contributed by atoms with Gasteiger partial charge in [0.15, 0.2) is 0 Å². The van der Waals surface area contributed by atoms with E-state index in [9.17, 15) is 4.79 Å². The molecule has 0 aromatic carbocycles. The molecule has 4 aliphatic carbocycles. The molecule has 2 saturated heterocycles. The number of amides is 1. The second kappa shape index (κ2) is 5.36. The summed E-state index contributed by atoms with van der Waals surface area (Å²) in [6.07, 6.45) is 12.5. The van der Waals surface area contributed by atoms with Crippen LogP contribution in [0.3, 0.4) is 0 Å². The van der Waals surface area contributed by atoms with Gasteiger partial charge < -0.3 is 10.6 Å². The minimum atomic E-state index is -0.0349. The van der Waals surface area contributed by atoms with Crippen LogP contribution in [0.2, 0.25) is 0 Å². The first-order chi connectivity index (χ1) is 10.9. The van der Waals surface area contributed by atoms with Crippen molar-refractivity contribution in [2.24, 2.45) is 22.2 Å². The second-order valence-corrected chi connectivity index (χ2v) is 10.7. The molecule has 6 fully saturated rings. The van der Waals surface area contributed by atoms with Gasteiger partial charge in [0.25, 0.3) is 0 Å². The fourth-order valence-electron chi connectivity index (χ4n) is 8.21. The van der Waals surface area contributed by atoms with Crippen molar-refractivity contribution in [1.82, 2.24) is 10.6 Å². The lowest BCUT2D eigenvalue weighted by molar-refractivity contribution is -0.171. The minimum absolute atomic E-state index is 0. The lowest BCUT2D eigenvalue weighted by Crippen LogP contribution is -2.61. The molecule has 0 aromatic heterocycles. The summed E-state index contributed by atoms with van der Waals surface area (Å²) in [6, 6.07) is 1.74. The van der Waals surface area contributed by atoms with Crippen molar-refractivity contribution in [1.29, 1.82) is 0 Å². The zero-order chi connectivity index (χ0) is 15.9.